The molecule has 1 amide bonds. The summed E-state index contributed by atoms with van der Waals surface area (Å²) >= 11 is 0. The van der Waals surface area contributed by atoms with Gasteiger partial charge >= 0.3 is 0 Å². The number of aromatic nitrogens is 2. The topological polar surface area (TPSA) is 56.1 Å². The molecule has 0 spiro atoms. The van der Waals surface area contributed by atoms with Crippen molar-refractivity contribution < 1.29 is 18.3 Å². The van der Waals surface area contributed by atoms with E-state index in [9.17, 15) is 13.6 Å². The van der Waals surface area contributed by atoms with Crippen LogP contribution >= 0.6 is 0 Å². The van der Waals surface area contributed by atoms with Gasteiger partial charge in [-0.1, -0.05) is 0 Å². The van der Waals surface area contributed by atoms with Crippen molar-refractivity contribution in [2.24, 2.45) is 5.92 Å². The minimum absolute atomic E-state index is 0.177. The predicted octanol–water partition coefficient (Wildman–Crippen LogP) is 2.19. The minimum Gasteiger partial charge on any atom is -0.383 e. The Morgan fingerprint density at radius 3 is 3.04 bits per heavy atom. The van der Waals surface area contributed by atoms with Crippen LogP contribution in [0.3, 0.4) is 0 Å². The number of benzene rings is 1. The minimum atomic E-state index is -0.684. The number of hydrogen-bond donors (Lipinski definition) is 1. The first-order chi connectivity index (χ1) is 11.6. The molecule has 126 valence electrons. The first-order valence-corrected chi connectivity index (χ1v) is 7.94. The Labute approximate surface area is 137 Å². The molecule has 1 heterocycles. The molecule has 0 unspecified atom stereocenters. The van der Waals surface area contributed by atoms with Crippen LogP contribution in [0.2, 0.25) is 0 Å². The van der Waals surface area contributed by atoms with Crippen LogP contribution in [0.4, 0.5) is 8.78 Å². The van der Waals surface area contributed by atoms with E-state index >= 15 is 0 Å². The van der Waals surface area contributed by atoms with Gasteiger partial charge in [-0.25, -0.2) is 13.5 Å². The molecule has 0 radical (unpaired) electrons. The zero-order valence-electron chi connectivity index (χ0n) is 13.2. The fraction of sp³-hybridized carbons (Fsp3) is 0.412. The van der Waals surface area contributed by atoms with Crippen LogP contribution in [0.1, 0.15) is 34.1 Å². The summed E-state index contributed by atoms with van der Waals surface area (Å²) in [6.45, 7) is 0.793. The van der Waals surface area contributed by atoms with Crippen molar-refractivity contribution in [3.05, 3.63) is 46.8 Å². The molecule has 1 saturated carbocycles. The van der Waals surface area contributed by atoms with Crippen LogP contribution in [0.5, 0.6) is 0 Å². The van der Waals surface area contributed by atoms with E-state index in [4.69, 9.17) is 4.74 Å². The molecule has 7 heteroatoms. The fourth-order valence-electron chi connectivity index (χ4n) is 3.49. The zero-order valence-corrected chi connectivity index (χ0v) is 13.2. The Balaban J connectivity index is 1.73. The normalized spacial score (nSPS) is 20.6. The van der Waals surface area contributed by atoms with Crippen molar-refractivity contribution in [1.29, 1.82) is 0 Å². The van der Waals surface area contributed by atoms with Gasteiger partial charge in [-0.05, 0) is 30.9 Å². The third kappa shape index (κ3) is 2.39. The van der Waals surface area contributed by atoms with E-state index in [1.54, 1.807) is 7.11 Å². The van der Waals surface area contributed by atoms with Gasteiger partial charge < -0.3 is 10.1 Å². The van der Waals surface area contributed by atoms with Gasteiger partial charge in [-0.2, -0.15) is 5.10 Å². The number of fused-ring (bicyclic) bond motifs is 3. The highest BCUT2D eigenvalue weighted by Crippen LogP contribution is 2.57. The number of hydrogen-bond acceptors (Lipinski definition) is 3. The van der Waals surface area contributed by atoms with Crippen molar-refractivity contribution in [2.75, 3.05) is 20.3 Å². The molecule has 1 fully saturated rings. The molecule has 2 aromatic rings. The Morgan fingerprint density at radius 2 is 2.29 bits per heavy atom. The number of amides is 1. The Hall–Kier alpha value is -2.28. The summed E-state index contributed by atoms with van der Waals surface area (Å²) in [5.41, 5.74) is 2.28. The molecule has 0 aliphatic heterocycles. The van der Waals surface area contributed by atoms with Crippen molar-refractivity contribution in [3.8, 4) is 5.69 Å². The largest absolute Gasteiger partial charge is 0.383 e. The molecule has 2 atom stereocenters. The summed E-state index contributed by atoms with van der Waals surface area (Å²) in [7, 11) is 1.56. The molecule has 5 nitrogen and oxygen atoms in total. The number of ether oxygens (including phenoxy) is 1. The highest BCUT2D eigenvalue weighted by molar-refractivity contribution is 5.94. The summed E-state index contributed by atoms with van der Waals surface area (Å²) in [6.07, 6.45) is 1.82. The molecule has 0 saturated heterocycles. The van der Waals surface area contributed by atoms with E-state index in [2.05, 4.69) is 10.4 Å². The Kier molecular flexibility index (Phi) is 3.60. The van der Waals surface area contributed by atoms with Gasteiger partial charge in [0.2, 0.25) is 0 Å². The van der Waals surface area contributed by atoms with Crippen molar-refractivity contribution in [2.45, 2.75) is 18.8 Å². The molecular formula is C17H17F2N3O2. The second kappa shape index (κ2) is 5.66. The second-order valence-electron chi connectivity index (χ2n) is 6.28. The van der Waals surface area contributed by atoms with Gasteiger partial charge in [-0.15, -0.1) is 0 Å². The van der Waals surface area contributed by atoms with Crippen molar-refractivity contribution in [3.63, 3.8) is 0 Å². The number of halogens is 2. The lowest BCUT2D eigenvalue weighted by Gasteiger charge is -2.07. The van der Waals surface area contributed by atoms with Crippen LogP contribution in [-0.4, -0.2) is 35.9 Å². The number of nitrogens with zero attached hydrogens (tertiary/aromatic N) is 2. The molecule has 4 rings (SSSR count). The van der Waals surface area contributed by atoms with Crippen LogP contribution in [0, 0.1) is 17.6 Å². The maximum absolute atomic E-state index is 14.2. The van der Waals surface area contributed by atoms with E-state index in [0.29, 0.717) is 30.7 Å². The summed E-state index contributed by atoms with van der Waals surface area (Å²) in [6, 6.07) is 3.39. The molecule has 1 aromatic heterocycles. The smallest absolute Gasteiger partial charge is 0.272 e. The average Bonchev–Trinajstić information content (AvgIpc) is 3.05. The molecule has 2 aliphatic rings. The van der Waals surface area contributed by atoms with Gasteiger partial charge in [0.25, 0.3) is 5.91 Å². The lowest BCUT2D eigenvalue weighted by molar-refractivity contribution is 0.0930. The van der Waals surface area contributed by atoms with Gasteiger partial charge in [0.1, 0.15) is 11.5 Å². The summed E-state index contributed by atoms with van der Waals surface area (Å²) in [5.74, 6) is -0.778. The first-order valence-electron chi connectivity index (χ1n) is 7.94. The number of carbonyl (C=O) groups is 1. The van der Waals surface area contributed by atoms with Crippen LogP contribution in [0.15, 0.2) is 18.2 Å². The van der Waals surface area contributed by atoms with Crippen LogP contribution < -0.4 is 5.32 Å². The maximum atomic E-state index is 14.2. The SMILES string of the molecule is COCCNC(=O)c1nn(-c2ccc(F)cc2F)c2c1C[C@H]1C[C@@H]21. The number of rotatable bonds is 5. The van der Waals surface area contributed by atoms with Gasteiger partial charge in [0, 0.05) is 31.2 Å². The lowest BCUT2D eigenvalue weighted by Crippen LogP contribution is -2.28. The molecule has 1 N–H and O–H groups in total. The average molecular weight is 333 g/mol. The number of methoxy groups -OCH3 is 1. The second-order valence-corrected chi connectivity index (χ2v) is 6.28. The molecule has 2 aliphatic carbocycles. The van der Waals surface area contributed by atoms with E-state index < -0.39 is 11.6 Å². The van der Waals surface area contributed by atoms with Crippen molar-refractivity contribution in [1.82, 2.24) is 15.1 Å². The van der Waals surface area contributed by atoms with Gasteiger partial charge in [0.05, 0.1) is 12.3 Å². The predicted molar refractivity (Wildman–Crippen MR) is 82.2 cm³/mol. The fourth-order valence-corrected chi connectivity index (χ4v) is 3.49. The molecule has 0 bridgehead atoms. The van der Waals surface area contributed by atoms with Gasteiger partial charge in [0.15, 0.2) is 11.5 Å². The first kappa shape index (κ1) is 15.3. The highest BCUT2D eigenvalue weighted by atomic mass is 19.1. The summed E-state index contributed by atoms with van der Waals surface area (Å²) < 4.78 is 33.8. The standard InChI is InChI=1S/C17H17F2N3O2/c1-24-5-4-20-17(23)15-12-7-9-6-11(9)16(12)22(21-15)14-3-2-10(18)8-13(14)19/h2-3,8-9,11H,4-7H2,1H3,(H,20,23)/t9-,11-/m1/s1. The van der Waals surface area contributed by atoms with Crippen molar-refractivity contribution >= 4 is 5.91 Å². The van der Waals surface area contributed by atoms with Crippen LogP contribution in [-0.2, 0) is 11.2 Å². The third-order valence-electron chi connectivity index (χ3n) is 4.71. The van der Waals surface area contributed by atoms with E-state index in [1.807, 2.05) is 0 Å². The zero-order chi connectivity index (χ0) is 16.8. The lowest BCUT2D eigenvalue weighted by atomic mass is 10.1. The van der Waals surface area contributed by atoms with Gasteiger partial charge in [-0.3, -0.25) is 4.79 Å². The quantitative estimate of drug-likeness (QED) is 0.854. The Morgan fingerprint density at radius 1 is 1.46 bits per heavy atom. The maximum Gasteiger partial charge on any atom is 0.272 e. The van der Waals surface area contributed by atoms with E-state index in [1.165, 1.54) is 16.8 Å². The molecule has 1 aromatic carbocycles. The third-order valence-corrected chi connectivity index (χ3v) is 4.71. The van der Waals surface area contributed by atoms with E-state index in [-0.39, 0.29) is 11.6 Å². The Bertz CT molecular complexity index is 818. The summed E-state index contributed by atoms with van der Waals surface area (Å²) in [4.78, 5) is 12.4. The number of carbonyl (C=O) groups excluding carboxylic acids is 1. The monoisotopic (exact) mass is 333 g/mol. The molecular weight excluding hydrogens is 316 g/mol. The number of nitrogens with one attached hydrogen (secondary N) is 1. The van der Waals surface area contributed by atoms with E-state index in [0.717, 1.165) is 30.2 Å². The summed E-state index contributed by atoms with van der Waals surface area (Å²) in [5, 5.41) is 7.10. The van der Waals surface area contributed by atoms with Crippen LogP contribution in [0.25, 0.3) is 5.69 Å². The molecule has 24 heavy (non-hydrogen) atoms. The highest BCUT2D eigenvalue weighted by Gasteiger charge is 2.50.